The molecule has 2 aromatic heterocycles. The standard InChI is InChI=1S/C19H21FN6O4/c1-11(27)22-14-9-12(6-7-13(14)20)23-15(28)5-4-8-26-10-21-17-16(26)18(29)25(3)19(30)24(17)2/h6-7,9-10H,4-5,8H2,1-3H3,(H,22,27)(H,23,28). The molecule has 0 saturated heterocycles. The number of rotatable bonds is 6. The second kappa shape index (κ2) is 8.31. The summed E-state index contributed by atoms with van der Waals surface area (Å²) in [5, 5.41) is 5.00. The van der Waals surface area contributed by atoms with Crippen LogP contribution in [0.15, 0.2) is 34.1 Å². The minimum Gasteiger partial charge on any atom is -0.326 e. The minimum absolute atomic E-state index is 0.0216. The first-order valence-electron chi connectivity index (χ1n) is 9.17. The second-order valence-corrected chi connectivity index (χ2v) is 6.84. The fourth-order valence-corrected chi connectivity index (χ4v) is 3.09. The molecule has 11 heteroatoms. The highest BCUT2D eigenvalue weighted by atomic mass is 19.1. The number of nitrogens with zero attached hydrogens (tertiary/aromatic N) is 4. The Morgan fingerprint density at radius 3 is 2.57 bits per heavy atom. The molecule has 2 amide bonds. The van der Waals surface area contributed by atoms with E-state index in [4.69, 9.17) is 0 Å². The number of nitrogens with one attached hydrogen (secondary N) is 2. The maximum atomic E-state index is 13.7. The van der Waals surface area contributed by atoms with E-state index in [0.29, 0.717) is 24.2 Å². The van der Waals surface area contributed by atoms with E-state index < -0.39 is 23.0 Å². The van der Waals surface area contributed by atoms with Crippen LogP contribution in [0.1, 0.15) is 19.8 Å². The monoisotopic (exact) mass is 416 g/mol. The molecule has 3 rings (SSSR count). The Kier molecular flexibility index (Phi) is 5.81. The lowest BCUT2D eigenvalue weighted by atomic mass is 10.2. The number of fused-ring (bicyclic) bond motifs is 1. The van der Waals surface area contributed by atoms with Crippen molar-refractivity contribution in [3.8, 4) is 0 Å². The maximum absolute atomic E-state index is 13.7. The van der Waals surface area contributed by atoms with Gasteiger partial charge in [-0.2, -0.15) is 0 Å². The van der Waals surface area contributed by atoms with Gasteiger partial charge in [0, 0.05) is 39.7 Å². The number of carbonyl (C=O) groups is 2. The number of anilines is 2. The zero-order valence-electron chi connectivity index (χ0n) is 16.7. The third kappa shape index (κ3) is 4.14. The molecule has 0 aliphatic rings. The van der Waals surface area contributed by atoms with Crippen molar-refractivity contribution in [1.82, 2.24) is 18.7 Å². The molecule has 1 aromatic carbocycles. The molecule has 0 aliphatic carbocycles. The maximum Gasteiger partial charge on any atom is 0.332 e. The number of amides is 2. The van der Waals surface area contributed by atoms with Gasteiger partial charge in [-0.05, 0) is 24.6 Å². The summed E-state index contributed by atoms with van der Waals surface area (Å²) in [6.45, 7) is 1.60. The Morgan fingerprint density at radius 1 is 1.13 bits per heavy atom. The minimum atomic E-state index is -0.605. The van der Waals surface area contributed by atoms with Crippen LogP contribution in [-0.2, 0) is 30.2 Å². The normalized spacial score (nSPS) is 10.9. The summed E-state index contributed by atoms with van der Waals surface area (Å²) in [5.74, 6) is -1.33. The van der Waals surface area contributed by atoms with E-state index in [1.807, 2.05) is 0 Å². The molecule has 0 fully saturated rings. The second-order valence-electron chi connectivity index (χ2n) is 6.84. The predicted molar refractivity (Wildman–Crippen MR) is 109 cm³/mol. The zero-order valence-corrected chi connectivity index (χ0v) is 16.7. The molecule has 0 spiro atoms. The van der Waals surface area contributed by atoms with Gasteiger partial charge in [-0.15, -0.1) is 0 Å². The van der Waals surface area contributed by atoms with Gasteiger partial charge in [-0.1, -0.05) is 0 Å². The number of aryl methyl sites for hydroxylation is 2. The number of hydrogen-bond donors (Lipinski definition) is 2. The lowest BCUT2D eigenvalue weighted by molar-refractivity contribution is -0.116. The molecule has 0 unspecified atom stereocenters. The summed E-state index contributed by atoms with van der Waals surface area (Å²) in [6.07, 6.45) is 2.00. The highest BCUT2D eigenvalue weighted by molar-refractivity contribution is 5.93. The molecule has 158 valence electrons. The van der Waals surface area contributed by atoms with Crippen molar-refractivity contribution in [2.24, 2.45) is 14.1 Å². The van der Waals surface area contributed by atoms with Crippen LogP contribution >= 0.6 is 0 Å². The Balaban J connectivity index is 1.66. The molecule has 3 aromatic rings. The molecular weight excluding hydrogens is 395 g/mol. The van der Waals surface area contributed by atoms with Crippen LogP contribution in [0, 0.1) is 5.82 Å². The number of aromatic nitrogens is 4. The highest BCUT2D eigenvalue weighted by Crippen LogP contribution is 2.20. The van der Waals surface area contributed by atoms with Crippen LogP contribution in [0.25, 0.3) is 11.2 Å². The largest absolute Gasteiger partial charge is 0.332 e. The molecular formula is C19H21FN6O4. The SMILES string of the molecule is CC(=O)Nc1cc(NC(=O)CCCn2cnc3c2c(=O)n(C)c(=O)n3C)ccc1F. The predicted octanol–water partition coefficient (Wildman–Crippen LogP) is 0.950. The summed E-state index contributed by atoms with van der Waals surface area (Å²) < 4.78 is 17.6. The summed E-state index contributed by atoms with van der Waals surface area (Å²) in [4.78, 5) is 51.8. The Morgan fingerprint density at radius 2 is 1.87 bits per heavy atom. The number of benzene rings is 1. The van der Waals surface area contributed by atoms with Crippen molar-refractivity contribution in [2.45, 2.75) is 26.3 Å². The van der Waals surface area contributed by atoms with Crippen LogP contribution < -0.4 is 21.9 Å². The molecule has 0 saturated carbocycles. The third-order valence-electron chi connectivity index (χ3n) is 4.58. The Bertz CT molecular complexity index is 1260. The van der Waals surface area contributed by atoms with Gasteiger partial charge < -0.3 is 15.2 Å². The molecule has 0 atom stereocenters. The van der Waals surface area contributed by atoms with E-state index in [1.165, 1.54) is 44.0 Å². The van der Waals surface area contributed by atoms with Crippen LogP contribution in [0.4, 0.5) is 15.8 Å². The summed E-state index contributed by atoms with van der Waals surface area (Å²) in [6, 6.07) is 3.88. The van der Waals surface area contributed by atoms with E-state index in [1.54, 1.807) is 4.57 Å². The fourth-order valence-electron chi connectivity index (χ4n) is 3.09. The fraction of sp³-hybridized carbons (Fsp3) is 0.316. The first-order valence-corrected chi connectivity index (χ1v) is 9.17. The van der Waals surface area contributed by atoms with E-state index >= 15 is 0 Å². The van der Waals surface area contributed by atoms with Crippen molar-refractivity contribution in [2.75, 3.05) is 10.6 Å². The van der Waals surface area contributed by atoms with Gasteiger partial charge in [0.2, 0.25) is 11.8 Å². The number of halogens is 1. The van der Waals surface area contributed by atoms with Gasteiger partial charge in [0.25, 0.3) is 5.56 Å². The van der Waals surface area contributed by atoms with Crippen molar-refractivity contribution >= 4 is 34.4 Å². The summed E-state index contributed by atoms with van der Waals surface area (Å²) >= 11 is 0. The van der Waals surface area contributed by atoms with Crippen LogP contribution in [0.5, 0.6) is 0 Å². The highest BCUT2D eigenvalue weighted by Gasteiger charge is 2.14. The van der Waals surface area contributed by atoms with Crippen molar-refractivity contribution in [3.63, 3.8) is 0 Å². The van der Waals surface area contributed by atoms with Gasteiger partial charge >= 0.3 is 5.69 Å². The van der Waals surface area contributed by atoms with Crippen molar-refractivity contribution in [1.29, 1.82) is 0 Å². The van der Waals surface area contributed by atoms with E-state index in [2.05, 4.69) is 15.6 Å². The lowest BCUT2D eigenvalue weighted by Crippen LogP contribution is -2.37. The zero-order chi connectivity index (χ0) is 22.0. The Labute approximate surface area is 169 Å². The molecule has 0 bridgehead atoms. The topological polar surface area (TPSA) is 120 Å². The molecule has 0 radical (unpaired) electrons. The van der Waals surface area contributed by atoms with Crippen LogP contribution in [0.3, 0.4) is 0 Å². The lowest BCUT2D eigenvalue weighted by Gasteiger charge is -2.09. The van der Waals surface area contributed by atoms with Crippen LogP contribution in [0.2, 0.25) is 0 Å². The number of imidazole rings is 1. The van der Waals surface area contributed by atoms with E-state index in [0.717, 1.165) is 10.6 Å². The average Bonchev–Trinajstić information content (AvgIpc) is 3.11. The van der Waals surface area contributed by atoms with Crippen molar-refractivity contribution < 1.29 is 14.0 Å². The first kappa shape index (κ1) is 21.0. The molecule has 2 N–H and O–H groups in total. The van der Waals surface area contributed by atoms with E-state index in [-0.39, 0.29) is 23.7 Å². The van der Waals surface area contributed by atoms with Gasteiger partial charge in [0.05, 0.1) is 12.0 Å². The van der Waals surface area contributed by atoms with Crippen molar-refractivity contribution in [3.05, 3.63) is 51.2 Å². The molecule has 0 aliphatic heterocycles. The summed E-state index contributed by atoms with van der Waals surface area (Å²) in [5.41, 5.74) is -0.0153. The smallest absolute Gasteiger partial charge is 0.326 e. The number of carbonyl (C=O) groups excluding carboxylic acids is 2. The Hall–Kier alpha value is -3.76. The van der Waals surface area contributed by atoms with E-state index in [9.17, 15) is 23.6 Å². The quantitative estimate of drug-likeness (QED) is 0.620. The summed E-state index contributed by atoms with van der Waals surface area (Å²) in [7, 11) is 2.93. The van der Waals surface area contributed by atoms with Gasteiger partial charge in [-0.25, -0.2) is 14.2 Å². The van der Waals surface area contributed by atoms with Crippen LogP contribution in [-0.4, -0.2) is 30.5 Å². The number of hydrogen-bond acceptors (Lipinski definition) is 5. The molecule has 10 nitrogen and oxygen atoms in total. The molecule has 2 heterocycles. The van der Waals surface area contributed by atoms with Gasteiger partial charge in [-0.3, -0.25) is 23.5 Å². The third-order valence-corrected chi connectivity index (χ3v) is 4.58. The molecule has 30 heavy (non-hydrogen) atoms. The first-order chi connectivity index (χ1) is 14.2. The average molecular weight is 416 g/mol. The van der Waals surface area contributed by atoms with Gasteiger partial charge in [0.1, 0.15) is 5.82 Å². The van der Waals surface area contributed by atoms with Gasteiger partial charge in [0.15, 0.2) is 11.2 Å².